The molecular weight excluding hydrogens is 162 g/mol. The summed E-state index contributed by atoms with van der Waals surface area (Å²) in [6.45, 7) is -0.435. The number of halogens is 2. The van der Waals surface area contributed by atoms with Gasteiger partial charge in [0.15, 0.2) is 11.6 Å². The van der Waals surface area contributed by atoms with E-state index in [-0.39, 0.29) is 5.56 Å². The Labute approximate surface area is 69.0 Å². The van der Waals surface area contributed by atoms with Gasteiger partial charge in [0, 0.05) is 5.56 Å². The normalized spacial score (nSPS) is 10.9. The van der Waals surface area contributed by atoms with Crippen molar-refractivity contribution in [3.8, 4) is 0 Å². The lowest BCUT2D eigenvalue weighted by atomic mass is 10.2. The molecule has 1 radical (unpaired) electrons. The van der Waals surface area contributed by atoms with Crippen LogP contribution < -0.4 is 0 Å². The van der Waals surface area contributed by atoms with Gasteiger partial charge in [0.2, 0.25) is 0 Å². The fourth-order valence-corrected chi connectivity index (χ4v) is 0.824. The highest BCUT2D eigenvalue weighted by atomic mass is 19.2. The van der Waals surface area contributed by atoms with Gasteiger partial charge in [-0.1, -0.05) is 24.3 Å². The minimum Gasteiger partial charge on any atom is -0.232 e. The van der Waals surface area contributed by atoms with E-state index < -0.39 is 18.2 Å². The van der Waals surface area contributed by atoms with Gasteiger partial charge in [0.1, 0.15) is 6.61 Å². The lowest BCUT2D eigenvalue weighted by molar-refractivity contribution is 0.233. The molecule has 0 saturated carbocycles. The topological polar surface area (TPSA) is 19.9 Å². The monoisotopic (exact) mass is 169 g/mol. The van der Waals surface area contributed by atoms with Crippen LogP contribution in [0.1, 0.15) is 5.56 Å². The predicted molar refractivity (Wildman–Crippen MR) is 40.9 cm³/mol. The van der Waals surface area contributed by atoms with Gasteiger partial charge in [0.25, 0.3) is 0 Å². The van der Waals surface area contributed by atoms with Gasteiger partial charge in [-0.05, 0) is 6.07 Å². The second kappa shape index (κ2) is 3.97. The van der Waals surface area contributed by atoms with Crippen molar-refractivity contribution >= 4 is 6.08 Å². The Morgan fingerprint density at radius 3 is 2.75 bits per heavy atom. The Morgan fingerprint density at radius 2 is 2.08 bits per heavy atom. The van der Waals surface area contributed by atoms with Crippen molar-refractivity contribution in [3.05, 3.63) is 41.5 Å². The van der Waals surface area contributed by atoms with Gasteiger partial charge in [-0.2, -0.15) is 0 Å². The maximum Gasteiger partial charge on any atom is 0.166 e. The smallest absolute Gasteiger partial charge is 0.166 e. The van der Waals surface area contributed by atoms with Gasteiger partial charge >= 0.3 is 0 Å². The third-order valence-electron chi connectivity index (χ3n) is 1.38. The lowest BCUT2D eigenvalue weighted by Gasteiger charge is -1.96. The Morgan fingerprint density at radius 1 is 1.33 bits per heavy atom. The minimum atomic E-state index is -0.915. The van der Waals surface area contributed by atoms with E-state index in [9.17, 15) is 13.9 Å². The van der Waals surface area contributed by atoms with Gasteiger partial charge in [-0.15, -0.1) is 0 Å². The largest absolute Gasteiger partial charge is 0.232 e. The predicted octanol–water partition coefficient (Wildman–Crippen LogP) is 2.41. The Balaban J connectivity index is 3.00. The highest BCUT2D eigenvalue weighted by Crippen LogP contribution is 2.12. The molecule has 0 N–H and O–H groups in total. The molecule has 0 bridgehead atoms. The van der Waals surface area contributed by atoms with Crippen molar-refractivity contribution in [3.63, 3.8) is 0 Å². The van der Waals surface area contributed by atoms with Crippen LogP contribution in [-0.4, -0.2) is 6.61 Å². The summed E-state index contributed by atoms with van der Waals surface area (Å²) in [4.78, 5) is 0. The summed E-state index contributed by atoms with van der Waals surface area (Å²) in [6.07, 6.45) is 2.50. The molecule has 1 rings (SSSR count). The molecule has 0 aliphatic rings. The van der Waals surface area contributed by atoms with E-state index in [1.54, 1.807) is 0 Å². The van der Waals surface area contributed by atoms with Crippen LogP contribution in [0.3, 0.4) is 0 Å². The SMILES string of the molecule is [O]CC=Cc1cccc(F)c1F. The summed E-state index contributed by atoms with van der Waals surface area (Å²) >= 11 is 0. The van der Waals surface area contributed by atoms with Crippen LogP contribution >= 0.6 is 0 Å². The molecular formula is C9H7F2O. The number of hydrogen-bond acceptors (Lipinski definition) is 0. The lowest BCUT2D eigenvalue weighted by Crippen LogP contribution is -1.87. The van der Waals surface area contributed by atoms with E-state index in [0.29, 0.717) is 0 Å². The van der Waals surface area contributed by atoms with Crippen molar-refractivity contribution in [2.75, 3.05) is 6.61 Å². The average Bonchev–Trinajstić information content (AvgIpc) is 2.08. The van der Waals surface area contributed by atoms with Crippen LogP contribution in [0.25, 0.3) is 6.08 Å². The first kappa shape index (κ1) is 8.87. The van der Waals surface area contributed by atoms with Crippen LogP contribution in [0, 0.1) is 11.6 Å². The molecule has 1 aromatic carbocycles. The quantitative estimate of drug-likeness (QED) is 0.647. The average molecular weight is 169 g/mol. The highest BCUT2D eigenvalue weighted by molar-refractivity contribution is 5.49. The molecule has 0 saturated heterocycles. The fraction of sp³-hybridized carbons (Fsp3) is 0.111. The molecule has 12 heavy (non-hydrogen) atoms. The third kappa shape index (κ3) is 1.89. The zero-order valence-corrected chi connectivity index (χ0v) is 6.26. The van der Waals surface area contributed by atoms with Crippen molar-refractivity contribution in [2.24, 2.45) is 0 Å². The van der Waals surface area contributed by atoms with E-state index in [0.717, 1.165) is 6.07 Å². The number of benzene rings is 1. The van der Waals surface area contributed by atoms with Crippen molar-refractivity contribution in [1.29, 1.82) is 0 Å². The summed E-state index contributed by atoms with van der Waals surface area (Å²) in [5, 5.41) is 10.00. The molecule has 0 heterocycles. The van der Waals surface area contributed by atoms with Crippen LogP contribution in [0.5, 0.6) is 0 Å². The first-order valence-corrected chi connectivity index (χ1v) is 3.44. The van der Waals surface area contributed by atoms with Crippen molar-refractivity contribution in [1.82, 2.24) is 0 Å². The molecule has 0 aliphatic carbocycles. The van der Waals surface area contributed by atoms with E-state index >= 15 is 0 Å². The highest BCUT2D eigenvalue weighted by Gasteiger charge is 2.03. The van der Waals surface area contributed by atoms with Crippen molar-refractivity contribution in [2.45, 2.75) is 0 Å². The number of rotatable bonds is 2. The fourth-order valence-electron chi connectivity index (χ4n) is 0.824. The molecule has 1 aromatic rings. The van der Waals surface area contributed by atoms with Gasteiger partial charge in [-0.3, -0.25) is 0 Å². The van der Waals surface area contributed by atoms with E-state index in [4.69, 9.17) is 0 Å². The molecule has 0 atom stereocenters. The third-order valence-corrected chi connectivity index (χ3v) is 1.38. The van der Waals surface area contributed by atoms with Gasteiger partial charge in [-0.25, -0.2) is 13.9 Å². The molecule has 63 valence electrons. The molecule has 0 amide bonds. The summed E-state index contributed by atoms with van der Waals surface area (Å²) in [5.74, 6) is -1.81. The molecule has 3 heteroatoms. The molecule has 0 spiro atoms. The first-order valence-electron chi connectivity index (χ1n) is 3.44. The second-order valence-corrected chi connectivity index (χ2v) is 2.21. The van der Waals surface area contributed by atoms with Crippen LogP contribution in [-0.2, 0) is 5.11 Å². The summed E-state index contributed by atoms with van der Waals surface area (Å²) < 4.78 is 25.3. The zero-order valence-electron chi connectivity index (χ0n) is 6.26. The summed E-state index contributed by atoms with van der Waals surface area (Å²) in [6, 6.07) is 3.83. The standard InChI is InChI=1S/C9H7F2O/c10-8-5-1-3-7(9(8)11)4-2-6-12/h1-5H,6H2. The minimum absolute atomic E-state index is 0.103. The maximum atomic E-state index is 12.8. The van der Waals surface area contributed by atoms with Crippen molar-refractivity contribution < 1.29 is 13.9 Å². The Hall–Kier alpha value is -1.22. The molecule has 0 aliphatic heterocycles. The van der Waals surface area contributed by atoms with Gasteiger partial charge in [0.05, 0.1) is 0 Å². The Bertz CT molecular complexity index is 295. The molecule has 0 aromatic heterocycles. The zero-order chi connectivity index (χ0) is 8.97. The van der Waals surface area contributed by atoms with Crippen LogP contribution in [0.4, 0.5) is 8.78 Å². The molecule has 0 unspecified atom stereocenters. The summed E-state index contributed by atoms with van der Waals surface area (Å²) in [7, 11) is 0. The van der Waals surface area contributed by atoms with Crippen LogP contribution in [0.2, 0.25) is 0 Å². The maximum absolute atomic E-state index is 12.8. The first-order chi connectivity index (χ1) is 5.75. The number of hydrogen-bond donors (Lipinski definition) is 0. The summed E-state index contributed by atoms with van der Waals surface area (Å²) in [5.41, 5.74) is 0.103. The Kier molecular flexibility index (Phi) is 2.94. The van der Waals surface area contributed by atoms with Crippen LogP contribution in [0.15, 0.2) is 24.3 Å². The second-order valence-electron chi connectivity index (χ2n) is 2.21. The van der Waals surface area contributed by atoms with E-state index in [1.807, 2.05) is 0 Å². The van der Waals surface area contributed by atoms with E-state index in [1.165, 1.54) is 24.3 Å². The molecule has 1 nitrogen and oxygen atoms in total. The molecule has 0 fully saturated rings. The van der Waals surface area contributed by atoms with Gasteiger partial charge < -0.3 is 0 Å². The van der Waals surface area contributed by atoms with E-state index in [2.05, 4.69) is 0 Å².